The first-order chi connectivity index (χ1) is 13.3. The number of hydrogen-bond donors (Lipinski definition) is 2. The van der Waals surface area contributed by atoms with Crippen LogP contribution in [0.2, 0.25) is 0 Å². The molecule has 160 valence electrons. The van der Waals surface area contributed by atoms with E-state index in [0.29, 0.717) is 12.6 Å². The number of nitrogens with zero attached hydrogens (tertiary/aromatic N) is 5. The number of rotatable bonds is 8. The number of halogens is 1. The van der Waals surface area contributed by atoms with E-state index in [2.05, 4.69) is 30.6 Å². The second-order valence-corrected chi connectivity index (χ2v) is 7.10. The van der Waals surface area contributed by atoms with Crippen LogP contribution >= 0.6 is 24.0 Å². The van der Waals surface area contributed by atoms with Crippen LogP contribution in [0.5, 0.6) is 0 Å². The molecular weight excluding hydrogens is 473 g/mol. The van der Waals surface area contributed by atoms with Gasteiger partial charge in [0.05, 0.1) is 19.8 Å². The topological polar surface area (TPSA) is 88.8 Å². The maximum atomic E-state index is 5.39. The number of methoxy groups -OCH3 is 1. The van der Waals surface area contributed by atoms with Gasteiger partial charge in [-0.1, -0.05) is 0 Å². The lowest BCUT2D eigenvalue weighted by Gasteiger charge is -2.27. The lowest BCUT2D eigenvalue weighted by molar-refractivity contribution is 0.0372. The Morgan fingerprint density at radius 3 is 2.89 bits per heavy atom. The number of guanidine groups is 1. The average Bonchev–Trinajstić information content (AvgIpc) is 3.09. The summed E-state index contributed by atoms with van der Waals surface area (Å²) in [6.45, 7) is 7.23. The van der Waals surface area contributed by atoms with Crippen molar-refractivity contribution in [2.45, 2.75) is 44.9 Å². The second kappa shape index (κ2) is 12.6. The fourth-order valence-corrected chi connectivity index (χ4v) is 3.55. The Hall–Kier alpha value is -0.980. The molecule has 2 aliphatic rings. The van der Waals surface area contributed by atoms with Crippen LogP contribution < -0.4 is 10.6 Å². The molecule has 2 aliphatic heterocycles. The van der Waals surface area contributed by atoms with Crippen molar-refractivity contribution in [2.24, 2.45) is 4.99 Å². The highest BCUT2D eigenvalue weighted by atomic mass is 127. The molecule has 28 heavy (non-hydrogen) atoms. The van der Waals surface area contributed by atoms with Gasteiger partial charge in [0, 0.05) is 46.3 Å². The third-order valence-corrected chi connectivity index (χ3v) is 5.04. The smallest absolute Gasteiger partial charge is 0.191 e. The molecule has 2 N–H and O–H groups in total. The van der Waals surface area contributed by atoms with Crippen molar-refractivity contribution >= 4 is 29.9 Å². The van der Waals surface area contributed by atoms with Crippen LogP contribution in [0.4, 0.5) is 0 Å². The van der Waals surface area contributed by atoms with E-state index in [1.54, 1.807) is 7.11 Å². The third kappa shape index (κ3) is 7.12. The highest BCUT2D eigenvalue weighted by Gasteiger charge is 2.22. The van der Waals surface area contributed by atoms with Crippen molar-refractivity contribution in [3.05, 3.63) is 11.6 Å². The van der Waals surface area contributed by atoms with E-state index in [1.165, 1.54) is 6.42 Å². The predicted molar refractivity (Wildman–Crippen MR) is 119 cm³/mol. The van der Waals surface area contributed by atoms with Crippen molar-refractivity contribution < 1.29 is 9.47 Å². The van der Waals surface area contributed by atoms with Gasteiger partial charge in [-0.25, -0.2) is 9.67 Å². The molecule has 10 heteroatoms. The summed E-state index contributed by atoms with van der Waals surface area (Å²) in [4.78, 5) is 11.4. The second-order valence-electron chi connectivity index (χ2n) is 7.10. The van der Waals surface area contributed by atoms with Gasteiger partial charge in [0.2, 0.25) is 0 Å². The zero-order chi connectivity index (χ0) is 18.9. The summed E-state index contributed by atoms with van der Waals surface area (Å²) >= 11 is 0. The molecule has 1 saturated heterocycles. The molecule has 0 spiro atoms. The fraction of sp³-hybridized carbons (Fsp3) is 0.833. The van der Waals surface area contributed by atoms with E-state index in [-0.39, 0.29) is 24.0 Å². The maximum Gasteiger partial charge on any atom is 0.191 e. The molecule has 1 unspecified atom stereocenters. The van der Waals surface area contributed by atoms with E-state index in [9.17, 15) is 0 Å². The van der Waals surface area contributed by atoms with Crippen LogP contribution in [0.15, 0.2) is 4.99 Å². The number of ether oxygens (including phenoxy) is 2. The van der Waals surface area contributed by atoms with Gasteiger partial charge in [-0.3, -0.25) is 9.89 Å². The molecule has 1 atom stereocenters. The van der Waals surface area contributed by atoms with Gasteiger partial charge in [-0.2, -0.15) is 5.10 Å². The molecule has 0 amide bonds. The van der Waals surface area contributed by atoms with Crippen LogP contribution in [-0.2, 0) is 29.0 Å². The number of nitrogens with one attached hydrogen (secondary N) is 2. The van der Waals surface area contributed by atoms with Gasteiger partial charge in [0.1, 0.15) is 12.4 Å². The summed E-state index contributed by atoms with van der Waals surface area (Å²) in [7, 11) is 3.49. The molecule has 0 bridgehead atoms. The molecule has 0 radical (unpaired) electrons. The predicted octanol–water partition coefficient (Wildman–Crippen LogP) is 0.635. The minimum absolute atomic E-state index is 0. The molecule has 3 heterocycles. The number of hydrogen-bond acceptors (Lipinski definition) is 6. The average molecular weight is 507 g/mol. The number of fused-ring (bicyclic) bond motifs is 1. The first-order valence-corrected chi connectivity index (χ1v) is 9.97. The summed E-state index contributed by atoms with van der Waals surface area (Å²) in [5.41, 5.74) is 0. The van der Waals surface area contributed by atoms with Gasteiger partial charge < -0.3 is 20.1 Å². The van der Waals surface area contributed by atoms with Gasteiger partial charge in [-0.05, 0) is 25.8 Å². The van der Waals surface area contributed by atoms with E-state index in [0.717, 1.165) is 82.8 Å². The lowest BCUT2D eigenvalue weighted by Crippen LogP contribution is -2.47. The summed E-state index contributed by atoms with van der Waals surface area (Å²) in [6.07, 6.45) is 4.28. The quantitative estimate of drug-likeness (QED) is 0.231. The Balaban J connectivity index is 0.00000280. The molecular formula is C18H34IN7O2. The molecule has 9 nitrogen and oxygen atoms in total. The zero-order valence-corrected chi connectivity index (χ0v) is 19.4. The Labute approximate surface area is 184 Å². The molecule has 3 rings (SSSR count). The van der Waals surface area contributed by atoms with Gasteiger partial charge in [0.15, 0.2) is 11.8 Å². The van der Waals surface area contributed by atoms with E-state index in [4.69, 9.17) is 9.47 Å². The Morgan fingerprint density at radius 2 is 2.14 bits per heavy atom. The number of aromatic nitrogens is 3. The van der Waals surface area contributed by atoms with E-state index < -0.39 is 0 Å². The van der Waals surface area contributed by atoms with Crippen molar-refractivity contribution in [3.8, 4) is 0 Å². The van der Waals surface area contributed by atoms with E-state index >= 15 is 0 Å². The van der Waals surface area contributed by atoms with Crippen molar-refractivity contribution in [3.63, 3.8) is 0 Å². The van der Waals surface area contributed by atoms with E-state index in [1.807, 2.05) is 11.7 Å². The fourth-order valence-electron chi connectivity index (χ4n) is 3.55. The third-order valence-electron chi connectivity index (χ3n) is 5.04. The summed E-state index contributed by atoms with van der Waals surface area (Å²) in [6, 6.07) is 0.314. The molecule has 1 aromatic heterocycles. The molecule has 0 saturated carbocycles. The standard InChI is InChI=1S/C18H33N7O2.HI/c1-19-18(20-7-3-4-8-24-9-11-27-12-10-24)21-15-5-6-17-22-16(14-26-2)23-25(17)13-15;/h15H,3-14H2,1-2H3,(H2,19,20,21);1H. The monoisotopic (exact) mass is 507 g/mol. The highest BCUT2D eigenvalue weighted by Crippen LogP contribution is 2.13. The maximum absolute atomic E-state index is 5.39. The summed E-state index contributed by atoms with van der Waals surface area (Å²) < 4.78 is 12.5. The lowest BCUT2D eigenvalue weighted by atomic mass is 10.1. The van der Waals surface area contributed by atoms with Crippen LogP contribution in [0.3, 0.4) is 0 Å². The minimum atomic E-state index is 0. The molecule has 0 aromatic carbocycles. The van der Waals surface area contributed by atoms with Crippen LogP contribution in [0, 0.1) is 0 Å². The van der Waals surface area contributed by atoms with Gasteiger partial charge in [-0.15, -0.1) is 24.0 Å². The molecule has 0 aliphatic carbocycles. The largest absolute Gasteiger partial charge is 0.379 e. The summed E-state index contributed by atoms with van der Waals surface area (Å²) in [5, 5.41) is 11.5. The first kappa shape index (κ1) is 23.3. The summed E-state index contributed by atoms with van der Waals surface area (Å²) in [5.74, 6) is 2.68. The zero-order valence-electron chi connectivity index (χ0n) is 17.0. The van der Waals surface area contributed by atoms with Gasteiger partial charge in [0.25, 0.3) is 0 Å². The van der Waals surface area contributed by atoms with Gasteiger partial charge >= 0.3 is 0 Å². The first-order valence-electron chi connectivity index (χ1n) is 9.97. The Morgan fingerprint density at radius 1 is 1.32 bits per heavy atom. The van der Waals surface area contributed by atoms with Crippen LogP contribution in [-0.4, -0.2) is 85.2 Å². The van der Waals surface area contributed by atoms with Crippen molar-refractivity contribution in [1.29, 1.82) is 0 Å². The number of aryl methyl sites for hydroxylation is 1. The number of morpholine rings is 1. The highest BCUT2D eigenvalue weighted by molar-refractivity contribution is 14.0. The van der Waals surface area contributed by atoms with Crippen LogP contribution in [0.1, 0.15) is 30.9 Å². The Bertz CT molecular complexity index is 605. The minimum Gasteiger partial charge on any atom is -0.379 e. The number of aliphatic imine (C=N–C) groups is 1. The normalized spacial score (nSPS) is 20.4. The number of unbranched alkanes of at least 4 members (excludes halogenated alkanes) is 1. The van der Waals surface area contributed by atoms with Crippen molar-refractivity contribution in [1.82, 2.24) is 30.3 Å². The van der Waals surface area contributed by atoms with Crippen LogP contribution in [0.25, 0.3) is 0 Å². The molecule has 1 aromatic rings. The SMILES string of the molecule is CN=C(NCCCCN1CCOCC1)NC1CCc2nc(COC)nn2C1.I. The van der Waals surface area contributed by atoms with Crippen molar-refractivity contribution in [2.75, 3.05) is 53.6 Å². The Kier molecular flexibility index (Phi) is 10.4. The molecule has 1 fully saturated rings.